The first-order valence-corrected chi connectivity index (χ1v) is 10.7. The molecule has 1 heterocycles. The molecule has 0 aliphatic heterocycles. The molecular formula is C22H25N3O2S. The van der Waals surface area contributed by atoms with Crippen molar-refractivity contribution in [3.8, 4) is 5.69 Å². The molecule has 2 aromatic carbocycles. The van der Waals surface area contributed by atoms with Crippen LogP contribution in [0.4, 0.5) is 0 Å². The van der Waals surface area contributed by atoms with Gasteiger partial charge in [-0.1, -0.05) is 36.8 Å². The highest BCUT2D eigenvalue weighted by Gasteiger charge is 2.13. The Hall–Kier alpha value is -2.86. The summed E-state index contributed by atoms with van der Waals surface area (Å²) in [5.41, 5.74) is 6.29. The average molecular weight is 396 g/mol. The third kappa shape index (κ3) is 4.17. The minimum Gasteiger partial charge on any atom is -0.318 e. The highest BCUT2D eigenvalue weighted by atomic mass is 32.2. The van der Waals surface area contributed by atoms with E-state index in [0.29, 0.717) is 0 Å². The van der Waals surface area contributed by atoms with Gasteiger partial charge in [0.05, 0.1) is 11.1 Å². The highest BCUT2D eigenvalue weighted by molar-refractivity contribution is 7.89. The lowest BCUT2D eigenvalue weighted by Gasteiger charge is -2.10. The molecule has 5 nitrogen and oxygen atoms in total. The van der Waals surface area contributed by atoms with Gasteiger partial charge in [-0.05, 0) is 63.1 Å². The van der Waals surface area contributed by atoms with Gasteiger partial charge in [0.2, 0.25) is 0 Å². The number of sulfonamides is 1. The van der Waals surface area contributed by atoms with Crippen molar-refractivity contribution in [2.75, 3.05) is 0 Å². The second kappa shape index (κ2) is 8.02. The molecule has 146 valence electrons. The lowest BCUT2D eigenvalue weighted by atomic mass is 10.1. The summed E-state index contributed by atoms with van der Waals surface area (Å²) in [6.07, 6.45) is 2.55. The zero-order valence-electron chi connectivity index (χ0n) is 16.6. The number of hydrogen-bond acceptors (Lipinski definition) is 3. The zero-order chi connectivity index (χ0) is 20.3. The Morgan fingerprint density at radius 1 is 1.00 bits per heavy atom. The van der Waals surface area contributed by atoms with E-state index in [9.17, 15) is 8.42 Å². The molecule has 0 aliphatic rings. The lowest BCUT2D eigenvalue weighted by Crippen LogP contribution is -2.18. The molecular weight excluding hydrogens is 370 g/mol. The molecule has 3 rings (SSSR count). The van der Waals surface area contributed by atoms with E-state index in [1.54, 1.807) is 30.5 Å². The number of benzene rings is 2. The minimum absolute atomic E-state index is 0.191. The molecule has 0 fully saturated rings. The molecule has 0 atom stereocenters. The maximum absolute atomic E-state index is 12.3. The molecule has 6 heteroatoms. The molecule has 0 unspecified atom stereocenters. The number of nitrogens with zero attached hydrogens (tertiary/aromatic N) is 2. The van der Waals surface area contributed by atoms with Crippen LogP contribution in [0.25, 0.3) is 5.69 Å². The van der Waals surface area contributed by atoms with E-state index in [1.165, 1.54) is 5.56 Å². The van der Waals surface area contributed by atoms with Crippen LogP contribution in [0, 0.1) is 20.8 Å². The summed E-state index contributed by atoms with van der Waals surface area (Å²) in [4.78, 5) is 2.48. The van der Waals surface area contributed by atoms with Crippen molar-refractivity contribution in [2.45, 2.75) is 39.0 Å². The summed E-state index contributed by atoms with van der Waals surface area (Å²) in [5.74, 6) is 0. The van der Waals surface area contributed by atoms with Crippen molar-refractivity contribution < 1.29 is 8.42 Å². The number of hydrazone groups is 1. The van der Waals surface area contributed by atoms with Crippen LogP contribution in [-0.4, -0.2) is 19.2 Å². The van der Waals surface area contributed by atoms with Crippen LogP contribution in [0.15, 0.2) is 64.6 Å². The molecule has 0 saturated carbocycles. The number of aromatic nitrogens is 1. The van der Waals surface area contributed by atoms with Gasteiger partial charge < -0.3 is 4.57 Å². The molecule has 1 N–H and O–H groups in total. The third-order valence-electron chi connectivity index (χ3n) is 4.78. The van der Waals surface area contributed by atoms with Crippen LogP contribution in [0.2, 0.25) is 0 Å². The van der Waals surface area contributed by atoms with Crippen molar-refractivity contribution in [3.63, 3.8) is 0 Å². The average Bonchev–Trinajstić information content (AvgIpc) is 2.95. The fourth-order valence-corrected chi connectivity index (χ4v) is 3.92. The van der Waals surface area contributed by atoms with E-state index in [1.807, 2.05) is 26.8 Å². The van der Waals surface area contributed by atoms with Crippen LogP contribution in [0.1, 0.15) is 35.0 Å². The smallest absolute Gasteiger partial charge is 0.276 e. The van der Waals surface area contributed by atoms with Crippen LogP contribution >= 0.6 is 0 Å². The largest absolute Gasteiger partial charge is 0.318 e. The molecule has 0 saturated heterocycles. The lowest BCUT2D eigenvalue weighted by molar-refractivity contribution is 0.584. The van der Waals surface area contributed by atoms with Crippen molar-refractivity contribution in [3.05, 3.63) is 82.7 Å². The Morgan fingerprint density at radius 3 is 2.25 bits per heavy atom. The number of hydrogen-bond donors (Lipinski definition) is 1. The van der Waals surface area contributed by atoms with E-state index in [-0.39, 0.29) is 4.90 Å². The fraction of sp³-hybridized carbons (Fsp3) is 0.227. The van der Waals surface area contributed by atoms with Gasteiger partial charge in [0.25, 0.3) is 10.0 Å². The Bertz CT molecular complexity index is 1090. The first-order valence-electron chi connectivity index (χ1n) is 9.21. The van der Waals surface area contributed by atoms with E-state index in [4.69, 9.17) is 0 Å². The molecule has 28 heavy (non-hydrogen) atoms. The molecule has 0 radical (unpaired) electrons. The highest BCUT2D eigenvalue weighted by Crippen LogP contribution is 2.20. The maximum atomic E-state index is 12.3. The summed E-state index contributed by atoms with van der Waals surface area (Å²) < 4.78 is 26.8. The van der Waals surface area contributed by atoms with Crippen molar-refractivity contribution in [1.29, 1.82) is 0 Å². The van der Waals surface area contributed by atoms with Crippen LogP contribution in [0.5, 0.6) is 0 Å². The molecule has 1 aromatic heterocycles. The van der Waals surface area contributed by atoms with Crippen LogP contribution < -0.4 is 4.83 Å². The van der Waals surface area contributed by atoms with Gasteiger partial charge in [0.15, 0.2) is 0 Å². The molecule has 3 aromatic rings. The number of rotatable bonds is 6. The first-order chi connectivity index (χ1) is 13.3. The standard InChI is InChI=1S/C22H25N3O2S/c1-5-19-8-10-21(11-9-19)25-17(3)14-20(18(25)4)15-23-24-28(26,27)22-12-6-16(2)7-13-22/h6-15,24H,5H2,1-4H3/b23-15+. The normalized spacial score (nSPS) is 11.9. The van der Waals surface area contributed by atoms with Gasteiger partial charge in [-0.3, -0.25) is 0 Å². The minimum atomic E-state index is -3.68. The van der Waals surface area contributed by atoms with E-state index < -0.39 is 10.0 Å². The maximum Gasteiger partial charge on any atom is 0.276 e. The second-order valence-corrected chi connectivity index (χ2v) is 8.51. The zero-order valence-corrected chi connectivity index (χ0v) is 17.4. The predicted octanol–water partition coefficient (Wildman–Crippen LogP) is 4.28. The summed E-state index contributed by atoms with van der Waals surface area (Å²) in [6, 6.07) is 17.1. The molecule has 0 amide bonds. The van der Waals surface area contributed by atoms with Gasteiger partial charge in [0.1, 0.15) is 0 Å². The first kappa shape index (κ1) is 19.9. The third-order valence-corrected chi connectivity index (χ3v) is 6.02. The van der Waals surface area contributed by atoms with Gasteiger partial charge in [-0.15, -0.1) is 0 Å². The van der Waals surface area contributed by atoms with Gasteiger partial charge >= 0.3 is 0 Å². The second-order valence-electron chi connectivity index (χ2n) is 6.85. The van der Waals surface area contributed by atoms with Gasteiger partial charge in [0, 0.05) is 22.6 Å². The van der Waals surface area contributed by atoms with Gasteiger partial charge in [-0.2, -0.15) is 13.5 Å². The van der Waals surface area contributed by atoms with Crippen molar-refractivity contribution in [1.82, 2.24) is 9.40 Å². The monoisotopic (exact) mass is 395 g/mol. The summed E-state index contributed by atoms with van der Waals surface area (Å²) in [6.45, 7) is 8.06. The Labute approximate surface area is 166 Å². The quantitative estimate of drug-likeness (QED) is 0.500. The molecule has 0 aliphatic carbocycles. The Kier molecular flexibility index (Phi) is 5.70. The Balaban J connectivity index is 1.82. The molecule has 0 spiro atoms. The SMILES string of the molecule is CCc1ccc(-n2c(C)cc(/C=N/NS(=O)(=O)c3ccc(C)cc3)c2C)cc1. The predicted molar refractivity (Wildman–Crippen MR) is 114 cm³/mol. The summed E-state index contributed by atoms with van der Waals surface area (Å²) >= 11 is 0. The van der Waals surface area contributed by atoms with Crippen molar-refractivity contribution >= 4 is 16.2 Å². The van der Waals surface area contributed by atoms with Crippen molar-refractivity contribution in [2.24, 2.45) is 5.10 Å². The summed E-state index contributed by atoms with van der Waals surface area (Å²) in [5, 5.41) is 3.97. The number of aryl methyl sites for hydroxylation is 3. The Morgan fingerprint density at radius 2 is 1.64 bits per heavy atom. The topological polar surface area (TPSA) is 63.5 Å². The fourth-order valence-electron chi connectivity index (χ4n) is 3.13. The van der Waals surface area contributed by atoms with E-state index in [2.05, 4.69) is 45.7 Å². The van der Waals surface area contributed by atoms with Crippen LogP contribution in [-0.2, 0) is 16.4 Å². The van der Waals surface area contributed by atoms with E-state index in [0.717, 1.165) is 34.6 Å². The van der Waals surface area contributed by atoms with Gasteiger partial charge in [-0.25, -0.2) is 4.83 Å². The summed E-state index contributed by atoms with van der Waals surface area (Å²) in [7, 11) is -3.68. The molecule has 0 bridgehead atoms. The van der Waals surface area contributed by atoms with E-state index >= 15 is 0 Å². The number of nitrogens with one attached hydrogen (secondary N) is 1. The van der Waals surface area contributed by atoms with Crippen LogP contribution in [0.3, 0.4) is 0 Å².